The number of nitrogens with one attached hydrogen (secondary N) is 1. The largest absolute Gasteiger partial charge is 0.311 e. The van der Waals surface area contributed by atoms with Gasteiger partial charge in [-0.05, 0) is 33.0 Å². The molecule has 0 unspecified atom stereocenters. The highest BCUT2D eigenvalue weighted by molar-refractivity contribution is 7.16. The third kappa shape index (κ3) is 4.43. The molecule has 0 atom stereocenters. The van der Waals surface area contributed by atoms with Crippen molar-refractivity contribution >= 4 is 22.9 Å². The van der Waals surface area contributed by atoms with Gasteiger partial charge in [0.05, 0.1) is 4.34 Å². The average molecular weight is 302 g/mol. The SMILES string of the molecule is CN1CCN(CCNCc2ccc(Cl)s2)CC1(C)C. The Hall–Kier alpha value is -0.130. The Morgan fingerprint density at radius 1 is 1.37 bits per heavy atom. The highest BCUT2D eigenvalue weighted by atomic mass is 35.5. The Morgan fingerprint density at radius 2 is 2.16 bits per heavy atom. The summed E-state index contributed by atoms with van der Waals surface area (Å²) in [7, 11) is 2.22. The van der Waals surface area contributed by atoms with E-state index < -0.39 is 0 Å². The van der Waals surface area contributed by atoms with Gasteiger partial charge < -0.3 is 5.32 Å². The first kappa shape index (κ1) is 15.3. The van der Waals surface area contributed by atoms with Crippen LogP contribution >= 0.6 is 22.9 Å². The van der Waals surface area contributed by atoms with Crippen LogP contribution in [0.1, 0.15) is 18.7 Å². The van der Waals surface area contributed by atoms with E-state index in [1.54, 1.807) is 11.3 Å². The molecule has 1 saturated heterocycles. The Bertz CT molecular complexity index is 405. The second kappa shape index (κ2) is 6.55. The van der Waals surface area contributed by atoms with Gasteiger partial charge in [0.15, 0.2) is 0 Å². The minimum Gasteiger partial charge on any atom is -0.311 e. The predicted molar refractivity (Wildman–Crippen MR) is 84.2 cm³/mol. The summed E-state index contributed by atoms with van der Waals surface area (Å²) in [6.45, 7) is 11.2. The van der Waals surface area contributed by atoms with Crippen molar-refractivity contribution in [1.82, 2.24) is 15.1 Å². The maximum Gasteiger partial charge on any atom is 0.0931 e. The van der Waals surface area contributed by atoms with Gasteiger partial charge in [-0.15, -0.1) is 11.3 Å². The highest BCUT2D eigenvalue weighted by Crippen LogP contribution is 2.21. The van der Waals surface area contributed by atoms with E-state index in [2.05, 4.69) is 42.1 Å². The van der Waals surface area contributed by atoms with Crippen LogP contribution in [0.3, 0.4) is 0 Å². The molecule has 1 N–H and O–H groups in total. The highest BCUT2D eigenvalue weighted by Gasteiger charge is 2.30. The lowest BCUT2D eigenvalue weighted by atomic mass is 10.00. The molecule has 0 radical (unpaired) electrons. The van der Waals surface area contributed by atoms with Crippen LogP contribution < -0.4 is 5.32 Å². The second-order valence-electron chi connectivity index (χ2n) is 5.89. The zero-order valence-electron chi connectivity index (χ0n) is 12.1. The molecule has 0 amide bonds. The smallest absolute Gasteiger partial charge is 0.0931 e. The fourth-order valence-electron chi connectivity index (χ4n) is 2.43. The molecular weight excluding hydrogens is 278 g/mol. The Kier molecular flexibility index (Phi) is 5.26. The fraction of sp³-hybridized carbons (Fsp3) is 0.714. The first-order valence-electron chi connectivity index (χ1n) is 6.86. The molecule has 5 heteroatoms. The molecule has 1 fully saturated rings. The number of rotatable bonds is 5. The van der Waals surface area contributed by atoms with Crippen LogP contribution in [0.5, 0.6) is 0 Å². The van der Waals surface area contributed by atoms with E-state index in [-0.39, 0.29) is 0 Å². The summed E-state index contributed by atoms with van der Waals surface area (Å²) in [5.41, 5.74) is 0.291. The van der Waals surface area contributed by atoms with Gasteiger partial charge in [0.2, 0.25) is 0 Å². The summed E-state index contributed by atoms with van der Waals surface area (Å²) < 4.78 is 0.873. The maximum absolute atomic E-state index is 5.92. The van der Waals surface area contributed by atoms with Gasteiger partial charge in [0, 0.05) is 49.7 Å². The standard InChI is InChI=1S/C14H24ClN3S/c1-14(2)11-18(9-8-17(14)3)7-6-16-10-12-4-5-13(15)19-12/h4-5,16H,6-11H2,1-3H3. The summed E-state index contributed by atoms with van der Waals surface area (Å²) in [6.07, 6.45) is 0. The molecule has 1 aromatic heterocycles. The summed E-state index contributed by atoms with van der Waals surface area (Å²) in [5, 5.41) is 3.50. The van der Waals surface area contributed by atoms with Crippen LogP contribution in [-0.2, 0) is 6.54 Å². The van der Waals surface area contributed by atoms with Crippen molar-refractivity contribution in [3.05, 3.63) is 21.3 Å². The van der Waals surface area contributed by atoms with Crippen LogP contribution in [0.2, 0.25) is 4.34 Å². The van der Waals surface area contributed by atoms with E-state index in [0.29, 0.717) is 5.54 Å². The lowest BCUT2D eigenvalue weighted by Gasteiger charge is -2.45. The zero-order chi connectivity index (χ0) is 13.9. The molecule has 0 spiro atoms. The van der Waals surface area contributed by atoms with E-state index in [4.69, 9.17) is 11.6 Å². The van der Waals surface area contributed by atoms with Crippen LogP contribution in [0.4, 0.5) is 0 Å². The van der Waals surface area contributed by atoms with Crippen molar-refractivity contribution < 1.29 is 0 Å². The quantitative estimate of drug-likeness (QED) is 0.843. The number of piperazine rings is 1. The monoisotopic (exact) mass is 301 g/mol. The molecule has 1 aromatic rings. The minimum atomic E-state index is 0.291. The van der Waals surface area contributed by atoms with Crippen LogP contribution in [0, 0.1) is 0 Å². The van der Waals surface area contributed by atoms with E-state index >= 15 is 0 Å². The van der Waals surface area contributed by atoms with Crippen LogP contribution in [0.15, 0.2) is 12.1 Å². The fourth-order valence-corrected chi connectivity index (χ4v) is 3.48. The number of hydrogen-bond acceptors (Lipinski definition) is 4. The molecule has 0 aliphatic carbocycles. The van der Waals surface area contributed by atoms with Crippen molar-refractivity contribution in [1.29, 1.82) is 0 Å². The average Bonchev–Trinajstić information content (AvgIpc) is 2.75. The molecule has 0 aromatic carbocycles. The Morgan fingerprint density at radius 3 is 2.79 bits per heavy atom. The van der Waals surface area contributed by atoms with E-state index in [1.165, 1.54) is 11.4 Å². The van der Waals surface area contributed by atoms with Crippen molar-refractivity contribution in [2.24, 2.45) is 0 Å². The normalized spacial score (nSPS) is 20.8. The summed E-state index contributed by atoms with van der Waals surface area (Å²) >= 11 is 7.57. The van der Waals surface area contributed by atoms with Crippen molar-refractivity contribution in [3.8, 4) is 0 Å². The Balaban J connectivity index is 1.66. The van der Waals surface area contributed by atoms with Crippen molar-refractivity contribution in [2.45, 2.75) is 25.9 Å². The molecule has 2 rings (SSSR count). The van der Waals surface area contributed by atoms with Crippen molar-refractivity contribution in [3.63, 3.8) is 0 Å². The van der Waals surface area contributed by atoms with Crippen molar-refractivity contribution in [2.75, 3.05) is 39.8 Å². The van der Waals surface area contributed by atoms with Gasteiger partial charge in [0.25, 0.3) is 0 Å². The molecular formula is C14H24ClN3S. The van der Waals surface area contributed by atoms with E-state index in [1.807, 2.05) is 6.07 Å². The second-order valence-corrected chi connectivity index (χ2v) is 7.69. The predicted octanol–water partition coefficient (Wildman–Crippen LogP) is 2.52. The first-order chi connectivity index (χ1) is 8.97. The summed E-state index contributed by atoms with van der Waals surface area (Å²) in [4.78, 5) is 6.31. The number of halogens is 1. The molecule has 3 nitrogen and oxygen atoms in total. The number of hydrogen-bond donors (Lipinski definition) is 1. The lowest BCUT2D eigenvalue weighted by Crippen LogP contribution is -2.58. The molecule has 1 aliphatic rings. The molecule has 1 aliphatic heterocycles. The minimum absolute atomic E-state index is 0.291. The number of nitrogens with zero attached hydrogens (tertiary/aromatic N) is 2. The first-order valence-corrected chi connectivity index (χ1v) is 8.05. The Labute approximate surface area is 125 Å². The van der Waals surface area contributed by atoms with Gasteiger partial charge in [-0.3, -0.25) is 9.80 Å². The summed E-state index contributed by atoms with van der Waals surface area (Å²) in [5.74, 6) is 0. The third-order valence-corrected chi connectivity index (χ3v) is 5.16. The van der Waals surface area contributed by atoms with Gasteiger partial charge >= 0.3 is 0 Å². The van der Waals surface area contributed by atoms with Gasteiger partial charge in [0.1, 0.15) is 0 Å². The van der Waals surface area contributed by atoms with Gasteiger partial charge in [-0.1, -0.05) is 11.6 Å². The topological polar surface area (TPSA) is 18.5 Å². The maximum atomic E-state index is 5.92. The number of likely N-dealkylation sites (N-methyl/N-ethyl adjacent to an activating group) is 1. The lowest BCUT2D eigenvalue weighted by molar-refractivity contribution is 0.0407. The zero-order valence-corrected chi connectivity index (χ0v) is 13.7. The molecule has 19 heavy (non-hydrogen) atoms. The van der Waals surface area contributed by atoms with E-state index in [0.717, 1.165) is 37.1 Å². The molecule has 2 heterocycles. The van der Waals surface area contributed by atoms with Crippen LogP contribution in [0.25, 0.3) is 0 Å². The molecule has 0 bridgehead atoms. The molecule has 0 saturated carbocycles. The van der Waals surface area contributed by atoms with E-state index in [9.17, 15) is 0 Å². The summed E-state index contributed by atoms with van der Waals surface area (Å²) in [6, 6.07) is 4.06. The van der Waals surface area contributed by atoms with Gasteiger partial charge in [-0.2, -0.15) is 0 Å². The van der Waals surface area contributed by atoms with Crippen LogP contribution in [-0.4, -0.2) is 55.1 Å². The number of thiophene rings is 1. The third-order valence-electron chi connectivity index (χ3n) is 3.93. The molecule has 108 valence electrons. The van der Waals surface area contributed by atoms with Gasteiger partial charge in [-0.25, -0.2) is 0 Å².